The molecule has 0 fully saturated rings. The maximum atomic E-state index is 12.1. The fourth-order valence-electron chi connectivity index (χ4n) is 1.38. The van der Waals surface area contributed by atoms with Gasteiger partial charge in [-0.15, -0.1) is 0 Å². The van der Waals surface area contributed by atoms with Crippen molar-refractivity contribution in [3.63, 3.8) is 0 Å². The number of nitrogens with one attached hydrogen (secondary N) is 1. The van der Waals surface area contributed by atoms with Gasteiger partial charge in [0, 0.05) is 34.6 Å². The van der Waals surface area contributed by atoms with E-state index in [1.807, 2.05) is 0 Å². The number of methoxy groups -OCH3 is 1. The molecule has 1 aromatic carbocycles. The topological polar surface area (TPSA) is 38.3 Å². The Hall–Kier alpha value is -0.100. The van der Waals surface area contributed by atoms with E-state index in [9.17, 15) is 4.79 Å². The Morgan fingerprint density at radius 1 is 1.56 bits per heavy atom. The molecule has 3 nitrogen and oxygen atoms in total. The van der Waals surface area contributed by atoms with E-state index >= 15 is 0 Å². The fraction of sp³-hybridized carbons (Fsp3) is 0.417. The van der Waals surface area contributed by atoms with Gasteiger partial charge in [-0.3, -0.25) is 4.79 Å². The molecule has 1 N–H and O–H groups in total. The van der Waals surface area contributed by atoms with Gasteiger partial charge in [0.2, 0.25) is 0 Å². The highest BCUT2D eigenvalue weighted by molar-refractivity contribution is 9.10. The number of benzene rings is 1. The first kappa shape index (κ1) is 16.0. The van der Waals surface area contributed by atoms with Crippen LogP contribution >= 0.6 is 43.5 Å². The minimum atomic E-state index is -0.148. The van der Waals surface area contributed by atoms with Crippen LogP contribution in [0.4, 0.5) is 0 Å². The minimum Gasteiger partial charge on any atom is -0.385 e. The van der Waals surface area contributed by atoms with Gasteiger partial charge in [0.1, 0.15) is 0 Å². The Morgan fingerprint density at radius 3 is 2.89 bits per heavy atom. The zero-order valence-electron chi connectivity index (χ0n) is 9.88. The van der Waals surface area contributed by atoms with Crippen molar-refractivity contribution in [3.8, 4) is 0 Å². The van der Waals surface area contributed by atoms with E-state index in [0.29, 0.717) is 22.5 Å². The highest BCUT2D eigenvalue weighted by atomic mass is 79.9. The lowest BCUT2D eigenvalue weighted by Crippen LogP contribution is -2.37. The summed E-state index contributed by atoms with van der Waals surface area (Å²) in [5.41, 5.74) is 0.533. The van der Waals surface area contributed by atoms with Gasteiger partial charge in [0.05, 0.1) is 5.56 Å². The van der Waals surface area contributed by atoms with Crippen molar-refractivity contribution in [1.82, 2.24) is 5.32 Å². The molecular formula is C12H14Br2ClNO2. The van der Waals surface area contributed by atoms with Crippen LogP contribution in [0.2, 0.25) is 5.02 Å². The van der Waals surface area contributed by atoms with E-state index in [0.717, 1.165) is 10.9 Å². The summed E-state index contributed by atoms with van der Waals surface area (Å²) in [7, 11) is 1.64. The molecule has 0 bridgehead atoms. The molecule has 0 radical (unpaired) electrons. The molecule has 0 aliphatic rings. The lowest BCUT2D eigenvalue weighted by molar-refractivity contribution is 0.0930. The van der Waals surface area contributed by atoms with Crippen molar-refractivity contribution in [2.75, 3.05) is 19.0 Å². The van der Waals surface area contributed by atoms with Gasteiger partial charge in [0.15, 0.2) is 0 Å². The second-order valence-electron chi connectivity index (χ2n) is 3.73. The molecule has 0 aliphatic carbocycles. The van der Waals surface area contributed by atoms with Gasteiger partial charge in [-0.1, -0.05) is 27.5 Å². The number of halogens is 3. The van der Waals surface area contributed by atoms with Gasteiger partial charge < -0.3 is 10.1 Å². The lowest BCUT2D eigenvalue weighted by Gasteiger charge is -2.16. The van der Waals surface area contributed by atoms with Gasteiger partial charge in [-0.05, 0) is 40.5 Å². The van der Waals surface area contributed by atoms with Gasteiger partial charge in [0.25, 0.3) is 5.91 Å². The number of carbonyl (C=O) groups excluding carboxylic acids is 1. The van der Waals surface area contributed by atoms with Crippen LogP contribution in [0, 0.1) is 0 Å². The zero-order valence-corrected chi connectivity index (χ0v) is 13.8. The SMILES string of the molecule is COCCC(CBr)NC(=O)c1cc(Cl)ccc1Br. The molecule has 1 amide bonds. The molecule has 6 heteroatoms. The summed E-state index contributed by atoms with van der Waals surface area (Å²) < 4.78 is 5.73. The van der Waals surface area contributed by atoms with Crippen molar-refractivity contribution in [3.05, 3.63) is 33.3 Å². The van der Waals surface area contributed by atoms with E-state index in [1.165, 1.54) is 0 Å². The van der Waals surface area contributed by atoms with E-state index in [-0.39, 0.29) is 11.9 Å². The standard InChI is InChI=1S/C12H14Br2ClNO2/c1-18-5-4-9(7-13)16-12(17)10-6-8(15)2-3-11(10)14/h2-3,6,9H,4-5,7H2,1H3,(H,16,17). The van der Waals surface area contributed by atoms with Crippen molar-refractivity contribution in [2.24, 2.45) is 0 Å². The Balaban J connectivity index is 2.71. The van der Waals surface area contributed by atoms with Crippen molar-refractivity contribution < 1.29 is 9.53 Å². The molecule has 1 rings (SSSR count). The van der Waals surface area contributed by atoms with Crippen molar-refractivity contribution in [1.29, 1.82) is 0 Å². The van der Waals surface area contributed by atoms with Gasteiger partial charge in [-0.25, -0.2) is 0 Å². The van der Waals surface area contributed by atoms with Gasteiger partial charge >= 0.3 is 0 Å². The largest absolute Gasteiger partial charge is 0.385 e. The number of rotatable bonds is 6. The summed E-state index contributed by atoms with van der Waals surface area (Å²) in [5, 5.41) is 4.15. The number of carbonyl (C=O) groups is 1. The Labute approximate surface area is 128 Å². The van der Waals surface area contributed by atoms with Crippen LogP contribution in [-0.4, -0.2) is 31.0 Å². The summed E-state index contributed by atoms with van der Waals surface area (Å²) in [4.78, 5) is 12.1. The average Bonchev–Trinajstić information content (AvgIpc) is 2.37. The van der Waals surface area contributed by atoms with E-state index in [1.54, 1.807) is 25.3 Å². The third-order valence-electron chi connectivity index (χ3n) is 2.36. The lowest BCUT2D eigenvalue weighted by atomic mass is 10.2. The van der Waals surface area contributed by atoms with Gasteiger partial charge in [-0.2, -0.15) is 0 Å². The number of amides is 1. The molecule has 0 aliphatic heterocycles. The molecule has 18 heavy (non-hydrogen) atoms. The maximum absolute atomic E-state index is 12.1. The van der Waals surface area contributed by atoms with Crippen LogP contribution in [0.1, 0.15) is 16.8 Å². The number of alkyl halides is 1. The Kier molecular flexibility index (Phi) is 7.22. The van der Waals surface area contributed by atoms with E-state index in [2.05, 4.69) is 37.2 Å². The average molecular weight is 400 g/mol. The summed E-state index contributed by atoms with van der Waals surface area (Å²) in [6.07, 6.45) is 0.756. The quantitative estimate of drug-likeness (QED) is 0.742. The van der Waals surface area contributed by atoms with Crippen LogP contribution in [-0.2, 0) is 4.74 Å². The normalized spacial score (nSPS) is 12.2. The Morgan fingerprint density at radius 2 is 2.28 bits per heavy atom. The Bertz CT molecular complexity index is 415. The highest BCUT2D eigenvalue weighted by Gasteiger charge is 2.15. The molecule has 0 saturated carbocycles. The first-order valence-corrected chi connectivity index (χ1v) is 7.68. The van der Waals surface area contributed by atoms with Crippen molar-refractivity contribution >= 4 is 49.4 Å². The minimum absolute atomic E-state index is 0.0309. The van der Waals surface area contributed by atoms with Crippen LogP contribution < -0.4 is 5.32 Å². The van der Waals surface area contributed by atoms with Crippen LogP contribution in [0.25, 0.3) is 0 Å². The van der Waals surface area contributed by atoms with Crippen molar-refractivity contribution in [2.45, 2.75) is 12.5 Å². The predicted molar refractivity (Wildman–Crippen MR) is 80.7 cm³/mol. The molecule has 1 atom stereocenters. The van der Waals surface area contributed by atoms with E-state index in [4.69, 9.17) is 16.3 Å². The molecule has 1 aromatic rings. The molecule has 0 heterocycles. The van der Waals surface area contributed by atoms with E-state index < -0.39 is 0 Å². The first-order chi connectivity index (χ1) is 8.58. The molecule has 100 valence electrons. The van der Waals surface area contributed by atoms with Crippen LogP contribution in [0.3, 0.4) is 0 Å². The molecule has 0 spiro atoms. The second-order valence-corrected chi connectivity index (χ2v) is 5.67. The smallest absolute Gasteiger partial charge is 0.252 e. The second kappa shape index (κ2) is 8.15. The first-order valence-electron chi connectivity index (χ1n) is 5.39. The highest BCUT2D eigenvalue weighted by Crippen LogP contribution is 2.21. The number of hydrogen-bond donors (Lipinski definition) is 1. The molecule has 0 saturated heterocycles. The zero-order chi connectivity index (χ0) is 13.5. The molecule has 0 aromatic heterocycles. The van der Waals surface area contributed by atoms with Crippen LogP contribution in [0.5, 0.6) is 0 Å². The monoisotopic (exact) mass is 397 g/mol. The summed E-state index contributed by atoms with van der Waals surface area (Å²) >= 11 is 12.6. The predicted octanol–water partition coefficient (Wildman–Crippen LogP) is 3.63. The molecular weight excluding hydrogens is 385 g/mol. The maximum Gasteiger partial charge on any atom is 0.252 e. The summed E-state index contributed by atoms with van der Waals surface area (Å²) in [6.45, 7) is 0.604. The summed E-state index contributed by atoms with van der Waals surface area (Å²) in [6, 6.07) is 5.16. The number of hydrogen-bond acceptors (Lipinski definition) is 2. The van der Waals surface area contributed by atoms with Crippen LogP contribution in [0.15, 0.2) is 22.7 Å². The fourth-order valence-corrected chi connectivity index (χ4v) is 2.47. The number of ether oxygens (including phenoxy) is 1. The third-order valence-corrected chi connectivity index (χ3v) is 4.07. The summed E-state index contributed by atoms with van der Waals surface area (Å²) in [5.74, 6) is -0.148. The third kappa shape index (κ3) is 4.88. The molecule has 1 unspecified atom stereocenters.